The Hall–Kier alpha value is -1.59. The van der Waals surface area contributed by atoms with E-state index in [0.29, 0.717) is 31.4 Å². The molecule has 0 heterocycles. The van der Waals surface area contributed by atoms with Gasteiger partial charge in [-0.25, -0.2) is 0 Å². The van der Waals surface area contributed by atoms with E-state index in [1.807, 2.05) is 32.0 Å². The molecule has 1 aromatic rings. The van der Waals surface area contributed by atoms with Gasteiger partial charge in [0.1, 0.15) is 19.0 Å². The van der Waals surface area contributed by atoms with Crippen molar-refractivity contribution in [1.82, 2.24) is 5.32 Å². The van der Waals surface area contributed by atoms with E-state index in [9.17, 15) is 4.79 Å². The highest BCUT2D eigenvalue weighted by atomic mass is 16.5. The monoisotopic (exact) mass is 322 g/mol. The Labute approximate surface area is 139 Å². The van der Waals surface area contributed by atoms with Gasteiger partial charge in [0.25, 0.3) is 0 Å². The fraction of sp³-hybridized carbons (Fsp3) is 0.611. The minimum absolute atomic E-state index is 0.0156. The van der Waals surface area contributed by atoms with E-state index >= 15 is 0 Å². The summed E-state index contributed by atoms with van der Waals surface area (Å²) in [4.78, 5) is 11.5. The molecule has 0 aromatic heterocycles. The van der Waals surface area contributed by atoms with Crippen molar-refractivity contribution in [2.75, 3.05) is 32.1 Å². The highest BCUT2D eigenvalue weighted by molar-refractivity contribution is 5.81. The van der Waals surface area contributed by atoms with Crippen molar-refractivity contribution in [1.29, 1.82) is 0 Å². The molecule has 0 aliphatic rings. The van der Waals surface area contributed by atoms with Crippen molar-refractivity contribution < 1.29 is 14.3 Å². The number of Topliss-reactive ketones (excluding diaryl/α,β-unsaturated/α-hetero) is 1. The zero-order chi connectivity index (χ0) is 17.2. The molecular weight excluding hydrogens is 292 g/mol. The maximum atomic E-state index is 11.5. The molecule has 0 bridgehead atoms. The van der Waals surface area contributed by atoms with Crippen LogP contribution in [-0.2, 0) is 16.0 Å². The molecule has 1 rings (SSSR count). The number of anilines is 1. The predicted octanol–water partition coefficient (Wildman–Crippen LogP) is 2.43. The molecule has 1 aromatic carbocycles. The average Bonchev–Trinajstić information content (AvgIpc) is 2.47. The lowest BCUT2D eigenvalue weighted by Gasteiger charge is -2.12. The molecule has 0 unspecified atom stereocenters. The summed E-state index contributed by atoms with van der Waals surface area (Å²) in [6.07, 6.45) is 0.705. The number of benzene rings is 1. The number of carbonyl (C=O) groups excluding carboxylic acids is 1. The number of nitrogens with one attached hydrogen (secondary N) is 1. The number of carbonyl (C=O) groups is 1. The van der Waals surface area contributed by atoms with E-state index in [1.165, 1.54) is 0 Å². The molecule has 0 amide bonds. The van der Waals surface area contributed by atoms with Gasteiger partial charge in [0.05, 0.1) is 6.61 Å². The summed E-state index contributed by atoms with van der Waals surface area (Å²) in [5.74, 6) is 0.907. The van der Waals surface area contributed by atoms with E-state index < -0.39 is 0 Å². The minimum atomic E-state index is 0.0156. The summed E-state index contributed by atoms with van der Waals surface area (Å²) >= 11 is 0. The molecule has 130 valence electrons. The Morgan fingerprint density at radius 3 is 2.57 bits per heavy atom. The van der Waals surface area contributed by atoms with Crippen LogP contribution in [-0.4, -0.2) is 38.2 Å². The van der Waals surface area contributed by atoms with Crippen LogP contribution in [0, 0.1) is 5.92 Å². The molecule has 5 nitrogen and oxygen atoms in total. The van der Waals surface area contributed by atoms with E-state index in [0.717, 1.165) is 17.9 Å². The van der Waals surface area contributed by atoms with Gasteiger partial charge in [0.15, 0.2) is 5.78 Å². The van der Waals surface area contributed by atoms with E-state index in [1.54, 1.807) is 0 Å². The van der Waals surface area contributed by atoms with Crippen LogP contribution < -0.4 is 15.8 Å². The zero-order valence-electron chi connectivity index (χ0n) is 14.7. The van der Waals surface area contributed by atoms with Crippen molar-refractivity contribution in [3.8, 4) is 5.75 Å². The topological polar surface area (TPSA) is 73.6 Å². The lowest BCUT2D eigenvalue weighted by atomic mass is 10.1. The molecule has 0 saturated carbocycles. The maximum Gasteiger partial charge on any atom is 0.160 e. The van der Waals surface area contributed by atoms with Crippen molar-refractivity contribution >= 4 is 11.5 Å². The Bertz CT molecular complexity index is 487. The first-order valence-electron chi connectivity index (χ1n) is 8.24. The number of rotatable bonds is 11. The third-order valence-electron chi connectivity index (χ3n) is 3.34. The molecule has 23 heavy (non-hydrogen) atoms. The summed E-state index contributed by atoms with van der Waals surface area (Å²) < 4.78 is 11.1. The molecule has 0 aliphatic heterocycles. The highest BCUT2D eigenvalue weighted by Crippen LogP contribution is 2.19. The lowest BCUT2D eigenvalue weighted by molar-refractivity contribution is -0.126. The Morgan fingerprint density at radius 1 is 1.17 bits per heavy atom. The third kappa shape index (κ3) is 8.57. The molecule has 3 N–H and O–H groups in total. The van der Waals surface area contributed by atoms with Crippen LogP contribution in [0.15, 0.2) is 18.2 Å². The fourth-order valence-electron chi connectivity index (χ4n) is 1.96. The quantitative estimate of drug-likeness (QED) is 0.483. The Balaban J connectivity index is 2.39. The number of ketones is 1. The fourth-order valence-corrected chi connectivity index (χ4v) is 1.96. The first-order chi connectivity index (χ1) is 10.9. The predicted molar refractivity (Wildman–Crippen MR) is 93.9 cm³/mol. The van der Waals surface area contributed by atoms with Crippen molar-refractivity contribution in [2.24, 2.45) is 5.92 Å². The van der Waals surface area contributed by atoms with E-state index in [-0.39, 0.29) is 18.3 Å². The molecule has 0 atom stereocenters. The van der Waals surface area contributed by atoms with Crippen LogP contribution in [0.5, 0.6) is 5.75 Å². The summed E-state index contributed by atoms with van der Waals surface area (Å²) in [6, 6.07) is 6.15. The van der Waals surface area contributed by atoms with Gasteiger partial charge in [-0.05, 0) is 24.1 Å². The van der Waals surface area contributed by atoms with Crippen LogP contribution in [0.25, 0.3) is 0 Å². The van der Waals surface area contributed by atoms with Crippen molar-refractivity contribution in [3.63, 3.8) is 0 Å². The SMILES string of the molecule is CC(C)NCCOc1cc(N)cc(CCOCC(=O)C(C)C)c1. The number of hydrogen-bond acceptors (Lipinski definition) is 5. The van der Waals surface area contributed by atoms with Crippen LogP contribution in [0.4, 0.5) is 5.69 Å². The molecule has 0 spiro atoms. The van der Waals surface area contributed by atoms with Crippen molar-refractivity contribution in [2.45, 2.75) is 40.2 Å². The largest absolute Gasteiger partial charge is 0.492 e. The zero-order valence-corrected chi connectivity index (χ0v) is 14.7. The number of nitrogens with two attached hydrogens (primary N) is 1. The summed E-state index contributed by atoms with van der Waals surface area (Å²) in [5, 5.41) is 3.30. The van der Waals surface area contributed by atoms with Crippen LogP contribution >= 0.6 is 0 Å². The molecule has 5 heteroatoms. The van der Waals surface area contributed by atoms with E-state index in [2.05, 4.69) is 19.2 Å². The first kappa shape index (κ1) is 19.5. The second-order valence-corrected chi connectivity index (χ2v) is 6.29. The van der Waals surface area contributed by atoms with Gasteiger partial charge in [-0.1, -0.05) is 27.7 Å². The Kier molecular flexibility index (Phi) is 8.66. The van der Waals surface area contributed by atoms with Gasteiger partial charge in [-0.15, -0.1) is 0 Å². The van der Waals surface area contributed by atoms with Gasteiger partial charge in [0.2, 0.25) is 0 Å². The highest BCUT2D eigenvalue weighted by Gasteiger charge is 2.07. The summed E-state index contributed by atoms with van der Waals surface area (Å²) in [6.45, 7) is 10.0. The maximum absolute atomic E-state index is 11.5. The van der Waals surface area contributed by atoms with Gasteiger partial charge in [-0.3, -0.25) is 4.79 Å². The minimum Gasteiger partial charge on any atom is -0.492 e. The van der Waals surface area contributed by atoms with Gasteiger partial charge in [-0.2, -0.15) is 0 Å². The van der Waals surface area contributed by atoms with Crippen LogP contribution in [0.2, 0.25) is 0 Å². The molecule has 0 radical (unpaired) electrons. The molecular formula is C18H30N2O3. The smallest absolute Gasteiger partial charge is 0.160 e. The number of hydrogen-bond donors (Lipinski definition) is 2. The second kappa shape index (κ2) is 10.2. The van der Waals surface area contributed by atoms with E-state index in [4.69, 9.17) is 15.2 Å². The molecule has 0 saturated heterocycles. The normalized spacial score (nSPS) is 11.2. The van der Waals surface area contributed by atoms with Gasteiger partial charge in [0, 0.05) is 30.3 Å². The molecule has 0 fully saturated rings. The lowest BCUT2D eigenvalue weighted by Crippen LogP contribution is -2.27. The number of nitrogen functional groups attached to an aromatic ring is 1. The third-order valence-corrected chi connectivity index (χ3v) is 3.34. The Morgan fingerprint density at radius 2 is 1.91 bits per heavy atom. The second-order valence-electron chi connectivity index (χ2n) is 6.29. The van der Waals surface area contributed by atoms with Crippen LogP contribution in [0.1, 0.15) is 33.3 Å². The summed E-state index contributed by atoms with van der Waals surface area (Å²) in [7, 11) is 0. The van der Waals surface area contributed by atoms with Crippen LogP contribution in [0.3, 0.4) is 0 Å². The first-order valence-corrected chi connectivity index (χ1v) is 8.24. The molecule has 0 aliphatic carbocycles. The standard InChI is InChI=1S/C18H30N2O3/c1-13(2)18(21)12-22-7-5-15-9-16(19)11-17(10-15)23-8-6-20-14(3)4/h9-11,13-14,20H,5-8,12,19H2,1-4H3. The van der Waals surface area contributed by atoms with Gasteiger partial charge < -0.3 is 20.5 Å². The van der Waals surface area contributed by atoms with Gasteiger partial charge >= 0.3 is 0 Å². The average molecular weight is 322 g/mol. The van der Waals surface area contributed by atoms with Crippen molar-refractivity contribution in [3.05, 3.63) is 23.8 Å². The number of ether oxygens (including phenoxy) is 2. The summed E-state index contributed by atoms with van der Waals surface area (Å²) in [5.41, 5.74) is 7.64.